The van der Waals surface area contributed by atoms with Crippen LogP contribution in [-0.2, 0) is 13.5 Å². The zero-order chi connectivity index (χ0) is 34.6. The van der Waals surface area contributed by atoms with Gasteiger partial charge in [0.1, 0.15) is 23.1 Å². The summed E-state index contributed by atoms with van der Waals surface area (Å²) in [4.78, 5) is 29.6. The molecular weight excluding hydrogens is 635 g/mol. The third-order valence-corrected chi connectivity index (χ3v) is 11.4. The smallest absolute Gasteiger partial charge is 0.274 e. The number of rotatable bonds is 7. The average molecular weight is 679 g/mol. The standard InChI is InChI=1S/C38H43FN8O3/c1-20-34(29-19-46(20)29)47-28(26-18-45(6)42-33(26)38(48)43(3)4)16-24-35(47)25-17-40-31(23-12-7-10-22-11-9-15-49-36(22)23)30(39)32(25)41-37(24)50-21(2)27-13-8-14-44(27)5/h7,10,12,16-18,20-21,27,29,34H,8-9,11,13-15,19H2,1-6H3/t20-,21+,27+,29-,34-,46?/m1/s1. The number of halogens is 1. The monoisotopic (exact) mass is 678 g/mol. The Morgan fingerprint density at radius 3 is 2.74 bits per heavy atom. The number of pyridine rings is 2. The predicted octanol–water partition coefficient (Wildman–Crippen LogP) is 5.31. The Morgan fingerprint density at radius 1 is 1.16 bits per heavy atom. The fourth-order valence-electron chi connectivity index (χ4n) is 8.83. The van der Waals surface area contributed by atoms with Crippen molar-refractivity contribution in [3.8, 4) is 34.1 Å². The predicted molar refractivity (Wildman–Crippen MR) is 189 cm³/mol. The Kier molecular flexibility index (Phi) is 7.23. The number of para-hydroxylation sites is 1. The van der Waals surface area contributed by atoms with Gasteiger partial charge in [-0.3, -0.25) is 24.3 Å². The summed E-state index contributed by atoms with van der Waals surface area (Å²) in [5.41, 5.74) is 4.84. The van der Waals surface area contributed by atoms with E-state index in [0.29, 0.717) is 40.9 Å². The first-order valence-corrected chi connectivity index (χ1v) is 17.8. The lowest BCUT2D eigenvalue weighted by Crippen LogP contribution is -2.43. The number of amides is 1. The molecule has 12 heteroatoms. The summed E-state index contributed by atoms with van der Waals surface area (Å²) < 4.78 is 34.1. The van der Waals surface area contributed by atoms with Crippen molar-refractivity contribution in [1.82, 2.24) is 39.0 Å². The Bertz CT molecular complexity index is 2190. The highest BCUT2D eigenvalue weighted by atomic mass is 19.1. The van der Waals surface area contributed by atoms with Crippen molar-refractivity contribution in [3.63, 3.8) is 0 Å². The minimum absolute atomic E-state index is 0.0964. The number of nitrogens with zero attached hydrogens (tertiary/aromatic N) is 8. The fourth-order valence-corrected chi connectivity index (χ4v) is 8.83. The SMILES string of the molecule is C[C@H](Oc1nc2c(F)c(-c3cccc4c3OCCC4)ncc2c2c1cc(-c1cn(C)nc1C(=O)N(C)C)n2[C@@H]1[C@@H](C)N2C[C@H]12)[C@@H]1CCCN1C. The quantitative estimate of drug-likeness (QED) is 0.214. The zero-order valence-electron chi connectivity index (χ0n) is 29.5. The third kappa shape index (κ3) is 4.67. The maximum atomic E-state index is 17.2. The molecule has 8 heterocycles. The van der Waals surface area contributed by atoms with Crippen LogP contribution < -0.4 is 9.47 Å². The molecular formula is C38H43FN8O3. The first kappa shape index (κ1) is 31.4. The molecule has 0 radical (unpaired) electrons. The molecule has 4 aliphatic heterocycles. The highest BCUT2D eigenvalue weighted by Crippen LogP contribution is 2.52. The van der Waals surface area contributed by atoms with Gasteiger partial charge in [0.15, 0.2) is 11.5 Å². The zero-order valence-corrected chi connectivity index (χ0v) is 29.5. The van der Waals surface area contributed by atoms with Crippen LogP contribution in [0.15, 0.2) is 36.7 Å². The second kappa shape index (κ2) is 11.5. The van der Waals surface area contributed by atoms with Crippen LogP contribution in [0.1, 0.15) is 55.2 Å². The van der Waals surface area contributed by atoms with Gasteiger partial charge >= 0.3 is 0 Å². The van der Waals surface area contributed by atoms with Crippen molar-refractivity contribution in [2.24, 2.45) is 7.05 Å². The molecule has 11 nitrogen and oxygen atoms in total. The molecule has 260 valence electrons. The topological polar surface area (TPSA) is 93.5 Å². The average Bonchev–Trinajstić information content (AvgIpc) is 3.33. The van der Waals surface area contributed by atoms with Crippen molar-refractivity contribution in [3.05, 3.63) is 53.7 Å². The second-order valence-corrected chi connectivity index (χ2v) is 14.8. The largest absolute Gasteiger partial charge is 0.493 e. The lowest BCUT2D eigenvalue weighted by Gasteiger charge is -2.37. The van der Waals surface area contributed by atoms with E-state index in [2.05, 4.69) is 46.4 Å². The van der Waals surface area contributed by atoms with E-state index in [1.54, 1.807) is 29.9 Å². The van der Waals surface area contributed by atoms with Crippen LogP contribution in [0.25, 0.3) is 44.3 Å². The Balaban J connectivity index is 1.32. The molecule has 3 saturated heterocycles. The lowest BCUT2D eigenvalue weighted by atomic mass is 9.98. The number of benzene rings is 1. The summed E-state index contributed by atoms with van der Waals surface area (Å²) >= 11 is 0. The van der Waals surface area contributed by atoms with Gasteiger partial charge in [-0.2, -0.15) is 5.10 Å². The van der Waals surface area contributed by atoms with Gasteiger partial charge in [-0.15, -0.1) is 0 Å². The molecule has 1 aromatic carbocycles. The Labute approximate surface area is 290 Å². The van der Waals surface area contributed by atoms with Crippen LogP contribution in [-0.4, -0.2) is 110 Å². The first-order chi connectivity index (χ1) is 24.1. The van der Waals surface area contributed by atoms with Crippen LogP contribution in [0.2, 0.25) is 0 Å². The van der Waals surface area contributed by atoms with Crippen molar-refractivity contribution in [2.45, 2.75) is 69.8 Å². The van der Waals surface area contributed by atoms with Gasteiger partial charge < -0.3 is 18.9 Å². The number of hydrogen-bond donors (Lipinski definition) is 0. The van der Waals surface area contributed by atoms with Crippen LogP contribution in [0.3, 0.4) is 0 Å². The first-order valence-electron chi connectivity index (χ1n) is 17.8. The number of hydrogen-bond acceptors (Lipinski definition) is 8. The van der Waals surface area contributed by atoms with E-state index in [-0.39, 0.29) is 41.3 Å². The molecule has 50 heavy (non-hydrogen) atoms. The minimum Gasteiger partial charge on any atom is -0.493 e. The third-order valence-electron chi connectivity index (χ3n) is 11.4. The summed E-state index contributed by atoms with van der Waals surface area (Å²) in [5, 5.41) is 6.00. The van der Waals surface area contributed by atoms with Gasteiger partial charge in [0.25, 0.3) is 5.91 Å². The van der Waals surface area contributed by atoms with Crippen LogP contribution >= 0.6 is 0 Å². The normalized spacial score (nSPS) is 24.8. The molecule has 4 aliphatic rings. The summed E-state index contributed by atoms with van der Waals surface area (Å²) in [6.07, 6.45) is 7.39. The summed E-state index contributed by atoms with van der Waals surface area (Å²) in [6.45, 7) is 6.90. The van der Waals surface area contributed by atoms with E-state index in [1.165, 1.54) is 0 Å². The van der Waals surface area contributed by atoms with Gasteiger partial charge in [-0.25, -0.2) is 9.37 Å². The summed E-state index contributed by atoms with van der Waals surface area (Å²) in [7, 11) is 7.42. The van der Waals surface area contributed by atoms with E-state index in [9.17, 15) is 4.79 Å². The van der Waals surface area contributed by atoms with Gasteiger partial charge in [0.2, 0.25) is 5.88 Å². The molecule has 0 N–H and O–H groups in total. The molecule has 1 unspecified atom stereocenters. The molecule has 9 rings (SSSR count). The number of aromatic nitrogens is 5. The molecule has 0 aliphatic carbocycles. The number of likely N-dealkylation sites (tertiary alicyclic amines) is 1. The number of likely N-dealkylation sites (N-methyl/N-ethyl adjacent to an activating group) is 1. The van der Waals surface area contributed by atoms with Crippen LogP contribution in [0, 0.1) is 5.82 Å². The Morgan fingerprint density at radius 2 is 2.00 bits per heavy atom. The van der Waals surface area contributed by atoms with Crippen molar-refractivity contribution < 1.29 is 18.7 Å². The van der Waals surface area contributed by atoms with E-state index in [1.807, 2.05) is 31.4 Å². The molecule has 0 spiro atoms. The maximum absolute atomic E-state index is 17.2. The number of carbonyl (C=O) groups excluding carboxylic acids is 1. The molecule has 1 amide bonds. The van der Waals surface area contributed by atoms with Crippen LogP contribution in [0.5, 0.6) is 11.6 Å². The number of ether oxygens (including phenoxy) is 2. The van der Waals surface area contributed by atoms with Crippen molar-refractivity contribution in [1.29, 1.82) is 0 Å². The molecule has 0 bridgehead atoms. The number of aryl methyl sites for hydroxylation is 2. The highest BCUT2D eigenvalue weighted by molar-refractivity contribution is 6.10. The van der Waals surface area contributed by atoms with E-state index >= 15 is 4.39 Å². The minimum atomic E-state index is -0.503. The van der Waals surface area contributed by atoms with Gasteiger partial charge in [-0.05, 0) is 70.8 Å². The van der Waals surface area contributed by atoms with E-state index < -0.39 is 5.82 Å². The van der Waals surface area contributed by atoms with E-state index in [0.717, 1.165) is 66.5 Å². The number of carbonyl (C=O) groups is 1. The molecule has 4 aromatic heterocycles. The second-order valence-electron chi connectivity index (χ2n) is 14.8. The highest BCUT2D eigenvalue weighted by Gasteiger charge is 2.59. The molecule has 6 atom stereocenters. The summed E-state index contributed by atoms with van der Waals surface area (Å²) in [5.74, 6) is 0.385. The maximum Gasteiger partial charge on any atom is 0.274 e. The van der Waals surface area contributed by atoms with Crippen molar-refractivity contribution in [2.75, 3.05) is 40.8 Å². The summed E-state index contributed by atoms with van der Waals surface area (Å²) in [6, 6.07) is 8.83. The number of fused-ring (bicyclic) bond motifs is 5. The fraction of sp³-hybridized carbons (Fsp3) is 0.474. The van der Waals surface area contributed by atoms with Gasteiger partial charge in [0, 0.05) is 74.7 Å². The molecule has 3 fully saturated rings. The van der Waals surface area contributed by atoms with Gasteiger partial charge in [0.05, 0.1) is 29.2 Å². The van der Waals surface area contributed by atoms with Gasteiger partial charge in [-0.1, -0.05) is 12.1 Å². The molecule has 5 aromatic rings. The lowest BCUT2D eigenvalue weighted by molar-refractivity contribution is 0.0821. The van der Waals surface area contributed by atoms with Crippen molar-refractivity contribution >= 4 is 27.7 Å². The van der Waals surface area contributed by atoms with Crippen LogP contribution in [0.4, 0.5) is 4.39 Å². The Hall–Kier alpha value is -4.55. The molecule has 0 saturated carbocycles. The van der Waals surface area contributed by atoms with E-state index in [4.69, 9.17) is 19.4 Å².